The Hall–Kier alpha value is -2.38. The highest BCUT2D eigenvalue weighted by Crippen LogP contribution is 2.17. The molecule has 1 amide bonds. The van der Waals surface area contributed by atoms with Gasteiger partial charge in [0.05, 0.1) is 4.90 Å². The van der Waals surface area contributed by atoms with Crippen LogP contribution in [0.4, 0.5) is 5.69 Å². The monoisotopic (exact) mass is 404 g/mol. The number of carbonyl (C=O) groups is 1. The van der Waals surface area contributed by atoms with Crippen LogP contribution in [0.1, 0.15) is 42.1 Å². The van der Waals surface area contributed by atoms with Crippen molar-refractivity contribution < 1.29 is 17.9 Å². The van der Waals surface area contributed by atoms with Crippen LogP contribution in [0.5, 0.6) is 0 Å². The molecule has 0 aliphatic heterocycles. The van der Waals surface area contributed by atoms with E-state index in [1.807, 2.05) is 19.1 Å². The lowest BCUT2D eigenvalue weighted by atomic mass is 10.2. The van der Waals surface area contributed by atoms with Gasteiger partial charge in [0.15, 0.2) is 0 Å². The molecule has 0 spiro atoms. The predicted octanol–water partition coefficient (Wildman–Crippen LogP) is 3.73. The number of hydrogen-bond donors (Lipinski definition) is 2. The third-order valence-electron chi connectivity index (χ3n) is 4.10. The third-order valence-corrected chi connectivity index (χ3v) is 5.48. The van der Waals surface area contributed by atoms with Gasteiger partial charge in [0.25, 0.3) is 15.9 Å². The summed E-state index contributed by atoms with van der Waals surface area (Å²) in [5.41, 5.74) is 1.82. The molecule has 0 radical (unpaired) electrons. The van der Waals surface area contributed by atoms with E-state index in [0.717, 1.165) is 25.0 Å². The Bertz CT molecular complexity index is 864. The van der Waals surface area contributed by atoms with Gasteiger partial charge in [0, 0.05) is 31.0 Å². The fourth-order valence-electron chi connectivity index (χ4n) is 2.47. The van der Waals surface area contributed by atoms with Crippen LogP contribution >= 0.6 is 0 Å². The Balaban J connectivity index is 1.93. The quantitative estimate of drug-likeness (QED) is 0.559. The summed E-state index contributed by atoms with van der Waals surface area (Å²) in [6, 6.07) is 13.1. The predicted molar refractivity (Wildman–Crippen MR) is 111 cm³/mol. The lowest BCUT2D eigenvalue weighted by Crippen LogP contribution is -2.25. The number of rotatable bonds is 11. The van der Waals surface area contributed by atoms with E-state index in [1.165, 1.54) is 12.1 Å². The Morgan fingerprint density at radius 3 is 2.46 bits per heavy atom. The summed E-state index contributed by atoms with van der Waals surface area (Å²) >= 11 is 0. The van der Waals surface area contributed by atoms with Gasteiger partial charge in [-0.15, -0.1) is 0 Å². The van der Waals surface area contributed by atoms with Crippen LogP contribution in [0.2, 0.25) is 0 Å². The normalized spacial score (nSPS) is 11.2. The summed E-state index contributed by atoms with van der Waals surface area (Å²) in [6.07, 6.45) is 2.83. The molecule has 0 aromatic heterocycles. The third kappa shape index (κ3) is 6.98. The molecule has 2 aromatic carbocycles. The number of aryl methyl sites for hydroxylation is 1. The second-order valence-corrected chi connectivity index (χ2v) is 8.26. The van der Waals surface area contributed by atoms with Gasteiger partial charge >= 0.3 is 0 Å². The van der Waals surface area contributed by atoms with Gasteiger partial charge in [-0.05, 0) is 50.1 Å². The topological polar surface area (TPSA) is 84.5 Å². The van der Waals surface area contributed by atoms with Crippen molar-refractivity contribution in [3.63, 3.8) is 0 Å². The number of ether oxygens (including phenoxy) is 1. The summed E-state index contributed by atoms with van der Waals surface area (Å²) in [4.78, 5) is 12.3. The molecule has 6 nitrogen and oxygen atoms in total. The van der Waals surface area contributed by atoms with E-state index in [0.29, 0.717) is 30.8 Å². The van der Waals surface area contributed by atoms with E-state index in [2.05, 4.69) is 17.0 Å². The molecule has 0 heterocycles. The van der Waals surface area contributed by atoms with Gasteiger partial charge in [-0.25, -0.2) is 8.42 Å². The van der Waals surface area contributed by atoms with Crippen molar-refractivity contribution >= 4 is 21.6 Å². The zero-order valence-electron chi connectivity index (χ0n) is 16.4. The SMILES string of the molecule is CCCCOCCCNC(=O)c1cccc(S(=O)(=O)Nc2ccc(C)cc2)c1. The van der Waals surface area contributed by atoms with Gasteiger partial charge in [0.2, 0.25) is 0 Å². The number of sulfonamides is 1. The van der Waals surface area contributed by atoms with Crippen LogP contribution in [0.3, 0.4) is 0 Å². The molecule has 0 aliphatic carbocycles. The van der Waals surface area contributed by atoms with Crippen molar-refractivity contribution in [1.29, 1.82) is 0 Å². The first-order valence-corrected chi connectivity index (χ1v) is 11.0. The molecule has 2 N–H and O–H groups in total. The highest BCUT2D eigenvalue weighted by Gasteiger charge is 2.16. The summed E-state index contributed by atoms with van der Waals surface area (Å²) in [6.45, 7) is 5.84. The summed E-state index contributed by atoms with van der Waals surface area (Å²) in [5, 5.41) is 2.79. The van der Waals surface area contributed by atoms with Crippen LogP contribution in [-0.2, 0) is 14.8 Å². The number of benzene rings is 2. The molecule has 0 bridgehead atoms. The minimum absolute atomic E-state index is 0.0450. The standard InChI is InChI=1S/C21H28N2O4S/c1-3-4-14-27-15-6-13-22-21(24)18-7-5-8-20(16-18)28(25,26)23-19-11-9-17(2)10-12-19/h5,7-12,16,23H,3-4,6,13-15H2,1-2H3,(H,22,24). The molecule has 2 rings (SSSR count). The fourth-order valence-corrected chi connectivity index (χ4v) is 3.57. The summed E-state index contributed by atoms with van der Waals surface area (Å²) < 4.78 is 33.2. The zero-order valence-corrected chi connectivity index (χ0v) is 17.2. The average molecular weight is 405 g/mol. The smallest absolute Gasteiger partial charge is 0.261 e. The molecule has 0 aliphatic rings. The van der Waals surface area contributed by atoms with Crippen molar-refractivity contribution in [1.82, 2.24) is 5.32 Å². The summed E-state index contributed by atoms with van der Waals surface area (Å²) in [7, 11) is -3.77. The van der Waals surface area contributed by atoms with Crippen LogP contribution in [0, 0.1) is 6.92 Å². The van der Waals surface area contributed by atoms with E-state index >= 15 is 0 Å². The molecular formula is C21H28N2O4S. The first-order valence-electron chi connectivity index (χ1n) is 9.48. The van der Waals surface area contributed by atoms with Crippen molar-refractivity contribution in [3.05, 3.63) is 59.7 Å². The highest BCUT2D eigenvalue weighted by molar-refractivity contribution is 7.92. The first-order chi connectivity index (χ1) is 13.4. The molecular weight excluding hydrogens is 376 g/mol. The second-order valence-electron chi connectivity index (χ2n) is 6.57. The van der Waals surface area contributed by atoms with Crippen LogP contribution in [-0.4, -0.2) is 34.1 Å². The van der Waals surface area contributed by atoms with Crippen LogP contribution < -0.4 is 10.0 Å². The number of unbranched alkanes of at least 4 members (excludes halogenated alkanes) is 1. The zero-order chi connectivity index (χ0) is 20.4. The van der Waals surface area contributed by atoms with Crippen molar-refractivity contribution in [2.24, 2.45) is 0 Å². The molecule has 152 valence electrons. The van der Waals surface area contributed by atoms with E-state index < -0.39 is 10.0 Å². The molecule has 0 saturated heterocycles. The maximum Gasteiger partial charge on any atom is 0.261 e. The number of carbonyl (C=O) groups excluding carboxylic acids is 1. The second kappa shape index (κ2) is 10.8. The van der Waals surface area contributed by atoms with Gasteiger partial charge in [-0.3, -0.25) is 9.52 Å². The molecule has 7 heteroatoms. The molecule has 0 saturated carbocycles. The molecule has 0 atom stereocenters. The largest absolute Gasteiger partial charge is 0.381 e. The molecule has 0 fully saturated rings. The Labute approximate surface area is 167 Å². The molecule has 2 aromatic rings. The van der Waals surface area contributed by atoms with Crippen LogP contribution in [0.15, 0.2) is 53.4 Å². The number of anilines is 1. The molecule has 0 unspecified atom stereocenters. The fraction of sp³-hybridized carbons (Fsp3) is 0.381. The van der Waals surface area contributed by atoms with Crippen molar-refractivity contribution in [2.75, 3.05) is 24.5 Å². The van der Waals surface area contributed by atoms with Gasteiger partial charge in [-0.1, -0.05) is 37.1 Å². The lowest BCUT2D eigenvalue weighted by Gasteiger charge is -2.10. The van der Waals surface area contributed by atoms with E-state index in [-0.39, 0.29) is 10.8 Å². The number of nitrogens with one attached hydrogen (secondary N) is 2. The minimum atomic E-state index is -3.77. The Morgan fingerprint density at radius 2 is 1.75 bits per heavy atom. The van der Waals surface area contributed by atoms with Crippen LogP contribution in [0.25, 0.3) is 0 Å². The van der Waals surface area contributed by atoms with Crippen molar-refractivity contribution in [3.8, 4) is 0 Å². The summed E-state index contributed by atoms with van der Waals surface area (Å²) in [5.74, 6) is -0.305. The number of amides is 1. The maximum absolute atomic E-state index is 12.6. The number of hydrogen-bond acceptors (Lipinski definition) is 4. The van der Waals surface area contributed by atoms with E-state index in [4.69, 9.17) is 4.74 Å². The lowest BCUT2D eigenvalue weighted by molar-refractivity contribution is 0.0940. The Morgan fingerprint density at radius 1 is 1.04 bits per heavy atom. The molecule has 28 heavy (non-hydrogen) atoms. The average Bonchev–Trinajstić information content (AvgIpc) is 2.69. The van der Waals surface area contributed by atoms with Crippen molar-refractivity contribution in [2.45, 2.75) is 38.0 Å². The Kier molecular flexibility index (Phi) is 8.47. The van der Waals surface area contributed by atoms with E-state index in [9.17, 15) is 13.2 Å². The highest BCUT2D eigenvalue weighted by atomic mass is 32.2. The minimum Gasteiger partial charge on any atom is -0.381 e. The maximum atomic E-state index is 12.6. The van der Waals surface area contributed by atoms with Gasteiger partial charge in [-0.2, -0.15) is 0 Å². The first kappa shape index (κ1) is 21.9. The van der Waals surface area contributed by atoms with Gasteiger partial charge in [0.1, 0.15) is 0 Å². The van der Waals surface area contributed by atoms with E-state index in [1.54, 1.807) is 24.3 Å². The van der Waals surface area contributed by atoms with Gasteiger partial charge < -0.3 is 10.1 Å².